The highest BCUT2D eigenvalue weighted by Gasteiger charge is 2.21. The highest BCUT2D eigenvalue weighted by atomic mass is 35.5. The van der Waals surface area contributed by atoms with Crippen LogP contribution in [0.4, 0.5) is 0 Å². The Morgan fingerprint density at radius 2 is 1.63 bits per heavy atom. The molecule has 0 unspecified atom stereocenters. The predicted molar refractivity (Wildman–Crippen MR) is 124 cm³/mol. The lowest BCUT2D eigenvalue weighted by Crippen LogP contribution is -2.44. The van der Waals surface area contributed by atoms with Gasteiger partial charge in [0.1, 0.15) is 0 Å². The molecule has 1 heterocycles. The molecule has 4 rings (SSSR count). The van der Waals surface area contributed by atoms with E-state index in [0.29, 0.717) is 10.6 Å². The van der Waals surface area contributed by atoms with Crippen LogP contribution in [-0.4, -0.2) is 29.9 Å². The van der Waals surface area contributed by atoms with E-state index >= 15 is 0 Å². The van der Waals surface area contributed by atoms with Crippen LogP contribution in [0.1, 0.15) is 34.3 Å². The Morgan fingerprint density at radius 3 is 2.33 bits per heavy atom. The number of likely N-dealkylation sites (tertiary alicyclic amines) is 1. The number of aryl methyl sites for hydroxylation is 1. The van der Waals surface area contributed by atoms with Crippen LogP contribution in [0, 0.1) is 6.92 Å². The minimum absolute atomic E-state index is 0.0176. The van der Waals surface area contributed by atoms with E-state index in [-0.39, 0.29) is 11.9 Å². The number of halogens is 1. The summed E-state index contributed by atoms with van der Waals surface area (Å²) in [6.45, 7) is 5.04. The molecular weight excluding hydrogens is 392 g/mol. The maximum Gasteiger partial charge on any atom is 0.251 e. The lowest BCUT2D eigenvalue weighted by molar-refractivity contribution is 0.0909. The Balaban J connectivity index is 1.31. The smallest absolute Gasteiger partial charge is 0.251 e. The standard InChI is InChI=1S/C26H27ClN2O/c1-19-4-2-6-22(16-19)23-7-3-5-20(17-23)18-29-14-12-25(13-15-29)28-26(30)21-8-10-24(27)11-9-21/h2-11,16-17,25H,12-15,18H2,1H3,(H,28,30). The summed E-state index contributed by atoms with van der Waals surface area (Å²) in [6, 6.07) is 24.7. The minimum atomic E-state index is -0.0176. The zero-order valence-electron chi connectivity index (χ0n) is 17.3. The van der Waals surface area contributed by atoms with Crippen LogP contribution in [0.5, 0.6) is 0 Å². The van der Waals surface area contributed by atoms with E-state index in [1.54, 1.807) is 24.3 Å². The van der Waals surface area contributed by atoms with Crippen molar-refractivity contribution in [3.8, 4) is 11.1 Å². The van der Waals surface area contributed by atoms with Crippen LogP contribution in [0.25, 0.3) is 11.1 Å². The van der Waals surface area contributed by atoms with Crippen molar-refractivity contribution < 1.29 is 4.79 Å². The van der Waals surface area contributed by atoms with E-state index < -0.39 is 0 Å². The van der Waals surface area contributed by atoms with Crippen molar-refractivity contribution in [3.05, 3.63) is 94.5 Å². The first-order valence-corrected chi connectivity index (χ1v) is 10.9. The lowest BCUT2D eigenvalue weighted by Gasteiger charge is -2.32. The van der Waals surface area contributed by atoms with Gasteiger partial charge in [-0.1, -0.05) is 59.6 Å². The normalized spacial score (nSPS) is 15.1. The second-order valence-electron chi connectivity index (χ2n) is 8.10. The number of benzene rings is 3. The Kier molecular flexibility index (Phi) is 6.51. The molecule has 3 aromatic rings. The molecule has 0 bridgehead atoms. The summed E-state index contributed by atoms with van der Waals surface area (Å²) in [4.78, 5) is 14.9. The predicted octanol–water partition coefficient (Wildman–Crippen LogP) is 5.71. The highest BCUT2D eigenvalue weighted by molar-refractivity contribution is 6.30. The number of nitrogens with zero attached hydrogens (tertiary/aromatic N) is 1. The number of carbonyl (C=O) groups is 1. The molecule has 0 aromatic heterocycles. The molecule has 3 nitrogen and oxygen atoms in total. The van der Waals surface area contributed by atoms with Crippen LogP contribution in [-0.2, 0) is 6.54 Å². The number of nitrogens with one attached hydrogen (secondary N) is 1. The summed E-state index contributed by atoms with van der Waals surface area (Å²) < 4.78 is 0. The molecule has 0 atom stereocenters. The first-order chi connectivity index (χ1) is 14.6. The SMILES string of the molecule is Cc1cccc(-c2cccc(CN3CCC(NC(=O)c4ccc(Cl)cc4)CC3)c2)c1. The van der Waals surface area contributed by atoms with E-state index in [4.69, 9.17) is 11.6 Å². The number of rotatable bonds is 5. The molecule has 154 valence electrons. The molecule has 0 saturated carbocycles. The van der Waals surface area contributed by atoms with Crippen molar-refractivity contribution in [3.63, 3.8) is 0 Å². The molecule has 1 saturated heterocycles. The third kappa shape index (κ3) is 5.29. The van der Waals surface area contributed by atoms with Crippen LogP contribution in [0.2, 0.25) is 5.02 Å². The summed E-state index contributed by atoms with van der Waals surface area (Å²) in [5.41, 5.74) is 5.80. The fourth-order valence-corrected chi connectivity index (χ4v) is 4.16. The molecule has 1 aliphatic rings. The molecule has 1 aliphatic heterocycles. The molecule has 30 heavy (non-hydrogen) atoms. The van der Waals surface area contributed by atoms with Crippen LogP contribution in [0.15, 0.2) is 72.8 Å². The quantitative estimate of drug-likeness (QED) is 0.575. The molecule has 0 aliphatic carbocycles. The van der Waals surface area contributed by atoms with Crippen molar-refractivity contribution >= 4 is 17.5 Å². The van der Waals surface area contributed by atoms with Gasteiger partial charge in [0, 0.05) is 36.3 Å². The summed E-state index contributed by atoms with van der Waals surface area (Å²) in [5.74, 6) is -0.0176. The van der Waals surface area contributed by atoms with Crippen molar-refractivity contribution in [2.75, 3.05) is 13.1 Å². The number of piperidine rings is 1. The summed E-state index contributed by atoms with van der Waals surface area (Å²) in [7, 11) is 0. The van der Waals surface area contributed by atoms with Gasteiger partial charge in [-0.3, -0.25) is 9.69 Å². The molecule has 3 aromatic carbocycles. The first-order valence-electron chi connectivity index (χ1n) is 10.5. The van der Waals surface area contributed by atoms with Gasteiger partial charge >= 0.3 is 0 Å². The molecule has 1 N–H and O–H groups in total. The Morgan fingerprint density at radius 1 is 0.967 bits per heavy atom. The largest absolute Gasteiger partial charge is 0.349 e. The van der Waals surface area contributed by atoms with E-state index in [2.05, 4.69) is 65.7 Å². The van der Waals surface area contributed by atoms with Gasteiger partial charge in [-0.2, -0.15) is 0 Å². The molecular formula is C26H27ClN2O. The van der Waals surface area contributed by atoms with Gasteiger partial charge in [0.05, 0.1) is 0 Å². The van der Waals surface area contributed by atoms with E-state index in [0.717, 1.165) is 32.5 Å². The molecule has 1 fully saturated rings. The summed E-state index contributed by atoms with van der Waals surface area (Å²) in [5, 5.41) is 3.81. The number of amides is 1. The number of hydrogen-bond acceptors (Lipinski definition) is 2. The second-order valence-corrected chi connectivity index (χ2v) is 8.54. The van der Waals surface area contributed by atoms with Crippen molar-refractivity contribution in [2.24, 2.45) is 0 Å². The van der Waals surface area contributed by atoms with Gasteiger partial charge in [0.25, 0.3) is 5.91 Å². The third-order valence-electron chi connectivity index (χ3n) is 5.71. The zero-order chi connectivity index (χ0) is 20.9. The van der Waals surface area contributed by atoms with Crippen LogP contribution >= 0.6 is 11.6 Å². The van der Waals surface area contributed by atoms with Crippen molar-refractivity contribution in [2.45, 2.75) is 32.4 Å². The number of hydrogen-bond donors (Lipinski definition) is 1. The second kappa shape index (κ2) is 9.46. The van der Waals surface area contributed by atoms with E-state index in [1.165, 1.54) is 22.3 Å². The van der Waals surface area contributed by atoms with Gasteiger partial charge in [-0.05, 0) is 66.8 Å². The molecule has 4 heteroatoms. The summed E-state index contributed by atoms with van der Waals surface area (Å²) >= 11 is 5.90. The molecule has 0 radical (unpaired) electrons. The minimum Gasteiger partial charge on any atom is -0.349 e. The topological polar surface area (TPSA) is 32.3 Å². The Hall–Kier alpha value is -2.62. The van der Waals surface area contributed by atoms with Crippen LogP contribution < -0.4 is 5.32 Å². The van der Waals surface area contributed by atoms with Crippen LogP contribution in [0.3, 0.4) is 0 Å². The maximum atomic E-state index is 12.4. The fraction of sp³-hybridized carbons (Fsp3) is 0.269. The zero-order valence-corrected chi connectivity index (χ0v) is 18.0. The summed E-state index contributed by atoms with van der Waals surface area (Å²) in [6.07, 6.45) is 1.94. The first kappa shape index (κ1) is 20.6. The van der Waals surface area contributed by atoms with Gasteiger partial charge in [0.15, 0.2) is 0 Å². The average molecular weight is 419 g/mol. The Bertz CT molecular complexity index is 1010. The van der Waals surface area contributed by atoms with Crippen molar-refractivity contribution in [1.29, 1.82) is 0 Å². The van der Waals surface area contributed by atoms with Gasteiger partial charge in [-0.25, -0.2) is 0 Å². The Labute approximate surface area is 183 Å². The molecule has 0 spiro atoms. The highest BCUT2D eigenvalue weighted by Crippen LogP contribution is 2.23. The monoisotopic (exact) mass is 418 g/mol. The average Bonchev–Trinajstić information content (AvgIpc) is 2.76. The fourth-order valence-electron chi connectivity index (χ4n) is 4.04. The van der Waals surface area contributed by atoms with E-state index in [1.807, 2.05) is 0 Å². The lowest BCUT2D eigenvalue weighted by atomic mass is 10.00. The van der Waals surface area contributed by atoms with Crippen molar-refractivity contribution in [1.82, 2.24) is 10.2 Å². The third-order valence-corrected chi connectivity index (χ3v) is 5.97. The number of carbonyl (C=O) groups excluding carboxylic acids is 1. The van der Waals surface area contributed by atoms with Gasteiger partial charge in [0.2, 0.25) is 0 Å². The van der Waals surface area contributed by atoms with Gasteiger partial charge in [-0.15, -0.1) is 0 Å². The molecule has 1 amide bonds. The maximum absolute atomic E-state index is 12.4. The van der Waals surface area contributed by atoms with E-state index in [9.17, 15) is 4.79 Å². The van der Waals surface area contributed by atoms with Gasteiger partial charge < -0.3 is 5.32 Å².